The molecule has 0 saturated carbocycles. The highest BCUT2D eigenvalue weighted by molar-refractivity contribution is 7.83. The molecule has 0 aliphatic carbocycles. The number of anilines is 1. The Morgan fingerprint density at radius 1 is 1.16 bits per heavy atom. The van der Waals surface area contributed by atoms with Gasteiger partial charge in [0.05, 0.1) is 5.69 Å². The molecule has 2 nitrogen and oxygen atoms in total. The maximum Gasteiger partial charge on any atom is 0.146 e. The first kappa shape index (κ1) is 13.7. The van der Waals surface area contributed by atoms with Gasteiger partial charge in [-0.2, -0.15) is 0 Å². The van der Waals surface area contributed by atoms with Gasteiger partial charge in [0, 0.05) is 22.3 Å². The average molecular weight is 277 g/mol. The Balaban J connectivity index is 2.05. The number of rotatable bonds is 4. The number of hydrogen-bond donors (Lipinski definition) is 1. The van der Waals surface area contributed by atoms with Crippen molar-refractivity contribution in [3.05, 3.63) is 65.0 Å². The number of nitrogen functional groups attached to an aromatic ring is 1. The first-order chi connectivity index (χ1) is 9.06. The number of halogens is 1. The molecule has 2 N–H and O–H groups in total. The summed E-state index contributed by atoms with van der Waals surface area (Å²) in [6.45, 7) is 2.00. The second-order valence-corrected chi connectivity index (χ2v) is 5.97. The van der Waals surface area contributed by atoms with Gasteiger partial charge in [-0.25, -0.2) is 4.39 Å². The quantitative estimate of drug-likeness (QED) is 0.872. The van der Waals surface area contributed by atoms with Gasteiger partial charge in [0.1, 0.15) is 5.82 Å². The van der Waals surface area contributed by atoms with E-state index in [4.69, 9.17) is 5.73 Å². The smallest absolute Gasteiger partial charge is 0.146 e. The highest BCUT2D eigenvalue weighted by atomic mass is 32.2. The van der Waals surface area contributed by atoms with E-state index in [2.05, 4.69) is 0 Å². The molecule has 2 aromatic rings. The molecular weight excluding hydrogens is 261 g/mol. The van der Waals surface area contributed by atoms with E-state index in [9.17, 15) is 8.60 Å². The van der Waals surface area contributed by atoms with Crippen LogP contribution in [0.4, 0.5) is 10.1 Å². The van der Waals surface area contributed by atoms with Gasteiger partial charge in [0.15, 0.2) is 0 Å². The van der Waals surface area contributed by atoms with E-state index in [1.807, 2.05) is 31.2 Å². The highest BCUT2D eigenvalue weighted by Crippen LogP contribution is 2.16. The van der Waals surface area contributed by atoms with E-state index < -0.39 is 16.6 Å². The van der Waals surface area contributed by atoms with Gasteiger partial charge in [-0.05, 0) is 35.7 Å². The maximum atomic E-state index is 13.3. The van der Waals surface area contributed by atoms with Crippen LogP contribution in [0.5, 0.6) is 0 Å². The fraction of sp³-hybridized carbons (Fsp3) is 0.200. The van der Waals surface area contributed by atoms with E-state index in [1.165, 1.54) is 12.1 Å². The van der Waals surface area contributed by atoms with Gasteiger partial charge < -0.3 is 5.73 Å². The van der Waals surface area contributed by atoms with Gasteiger partial charge in [0.2, 0.25) is 0 Å². The molecule has 0 amide bonds. The average Bonchev–Trinajstić information content (AvgIpc) is 2.37. The van der Waals surface area contributed by atoms with E-state index in [-0.39, 0.29) is 5.69 Å². The second-order valence-electron chi connectivity index (χ2n) is 4.51. The summed E-state index contributed by atoms with van der Waals surface area (Å²) in [7, 11) is -1.05. The molecule has 19 heavy (non-hydrogen) atoms. The molecule has 0 aliphatic heterocycles. The first-order valence-corrected chi connectivity index (χ1v) is 7.48. The van der Waals surface area contributed by atoms with E-state index in [1.54, 1.807) is 6.07 Å². The van der Waals surface area contributed by atoms with Crippen molar-refractivity contribution in [1.82, 2.24) is 0 Å². The van der Waals surface area contributed by atoms with Crippen molar-refractivity contribution in [3.8, 4) is 0 Å². The van der Waals surface area contributed by atoms with Crippen molar-refractivity contribution in [1.29, 1.82) is 0 Å². The molecule has 100 valence electrons. The SMILES string of the molecule is Cc1ccccc1CS(=O)Cc1ccc(N)c(F)c1. The van der Waals surface area contributed by atoms with E-state index in [0.29, 0.717) is 17.1 Å². The summed E-state index contributed by atoms with van der Waals surface area (Å²) in [5.41, 5.74) is 8.43. The third-order valence-electron chi connectivity index (χ3n) is 2.97. The summed E-state index contributed by atoms with van der Waals surface area (Å²) in [5.74, 6) is 0.370. The predicted molar refractivity (Wildman–Crippen MR) is 77.5 cm³/mol. The van der Waals surface area contributed by atoms with Crippen LogP contribution in [-0.2, 0) is 22.3 Å². The summed E-state index contributed by atoms with van der Waals surface area (Å²) < 4.78 is 25.4. The van der Waals surface area contributed by atoms with Gasteiger partial charge in [0.25, 0.3) is 0 Å². The summed E-state index contributed by atoms with van der Waals surface area (Å²) >= 11 is 0. The molecule has 0 aliphatic rings. The Bertz CT molecular complexity index is 613. The van der Waals surface area contributed by atoms with Crippen LogP contribution in [-0.4, -0.2) is 4.21 Å². The lowest BCUT2D eigenvalue weighted by molar-refractivity contribution is 0.631. The van der Waals surface area contributed by atoms with Crippen LogP contribution in [0.15, 0.2) is 42.5 Å². The fourth-order valence-electron chi connectivity index (χ4n) is 1.84. The fourth-order valence-corrected chi connectivity index (χ4v) is 3.17. The molecule has 0 saturated heterocycles. The third kappa shape index (κ3) is 3.64. The lowest BCUT2D eigenvalue weighted by Crippen LogP contribution is -2.02. The standard InChI is InChI=1S/C15H16FNOS/c1-11-4-2-3-5-13(11)10-19(18)9-12-6-7-15(17)14(16)8-12/h2-8H,9-10,17H2,1H3. The van der Waals surface area contributed by atoms with E-state index in [0.717, 1.165) is 11.1 Å². The minimum Gasteiger partial charge on any atom is -0.396 e. The topological polar surface area (TPSA) is 43.1 Å². The normalized spacial score (nSPS) is 12.3. The van der Waals surface area contributed by atoms with Crippen LogP contribution in [0.25, 0.3) is 0 Å². The molecule has 0 bridgehead atoms. The van der Waals surface area contributed by atoms with Crippen LogP contribution < -0.4 is 5.73 Å². The third-order valence-corrected chi connectivity index (χ3v) is 4.26. The lowest BCUT2D eigenvalue weighted by Gasteiger charge is -2.06. The predicted octanol–water partition coefficient (Wildman–Crippen LogP) is 3.17. The zero-order chi connectivity index (χ0) is 13.8. The molecule has 2 aromatic carbocycles. The lowest BCUT2D eigenvalue weighted by atomic mass is 10.1. The monoisotopic (exact) mass is 277 g/mol. The molecule has 1 unspecified atom stereocenters. The van der Waals surface area contributed by atoms with Crippen molar-refractivity contribution in [2.45, 2.75) is 18.4 Å². The minimum absolute atomic E-state index is 0.119. The van der Waals surface area contributed by atoms with Crippen molar-refractivity contribution in [2.24, 2.45) is 0 Å². The molecule has 1 atom stereocenters. The van der Waals surface area contributed by atoms with Gasteiger partial charge in [-0.15, -0.1) is 0 Å². The Kier molecular flexibility index (Phi) is 4.32. The van der Waals surface area contributed by atoms with Gasteiger partial charge in [-0.3, -0.25) is 4.21 Å². The van der Waals surface area contributed by atoms with Crippen LogP contribution >= 0.6 is 0 Å². The number of benzene rings is 2. The van der Waals surface area contributed by atoms with Crippen LogP contribution in [0.2, 0.25) is 0 Å². The van der Waals surface area contributed by atoms with Crippen molar-refractivity contribution >= 4 is 16.5 Å². The second kappa shape index (κ2) is 5.97. The Hall–Kier alpha value is -1.68. The zero-order valence-electron chi connectivity index (χ0n) is 10.7. The van der Waals surface area contributed by atoms with Crippen LogP contribution in [0, 0.1) is 12.7 Å². The summed E-state index contributed by atoms with van der Waals surface area (Å²) in [6, 6.07) is 12.4. The summed E-state index contributed by atoms with van der Waals surface area (Å²) in [6.07, 6.45) is 0. The Morgan fingerprint density at radius 3 is 2.58 bits per heavy atom. The molecular formula is C15H16FNOS. The van der Waals surface area contributed by atoms with Crippen molar-refractivity contribution in [2.75, 3.05) is 5.73 Å². The van der Waals surface area contributed by atoms with E-state index >= 15 is 0 Å². The zero-order valence-corrected chi connectivity index (χ0v) is 11.5. The Morgan fingerprint density at radius 2 is 1.89 bits per heavy atom. The molecule has 4 heteroatoms. The molecule has 0 aromatic heterocycles. The first-order valence-electron chi connectivity index (χ1n) is 5.99. The Labute approximate surface area is 114 Å². The molecule has 0 fully saturated rings. The number of hydrogen-bond acceptors (Lipinski definition) is 2. The van der Waals surface area contributed by atoms with Gasteiger partial charge in [-0.1, -0.05) is 30.3 Å². The highest BCUT2D eigenvalue weighted by Gasteiger charge is 2.07. The van der Waals surface area contributed by atoms with Crippen LogP contribution in [0.3, 0.4) is 0 Å². The molecule has 0 spiro atoms. The number of nitrogens with two attached hydrogens (primary N) is 1. The summed E-state index contributed by atoms with van der Waals surface area (Å²) in [5, 5.41) is 0. The molecule has 0 heterocycles. The van der Waals surface area contributed by atoms with Crippen molar-refractivity contribution in [3.63, 3.8) is 0 Å². The van der Waals surface area contributed by atoms with Crippen LogP contribution in [0.1, 0.15) is 16.7 Å². The molecule has 0 radical (unpaired) electrons. The largest absolute Gasteiger partial charge is 0.396 e. The number of aryl methyl sites for hydroxylation is 1. The summed E-state index contributed by atoms with van der Waals surface area (Å²) in [4.78, 5) is 0. The van der Waals surface area contributed by atoms with Gasteiger partial charge >= 0.3 is 0 Å². The minimum atomic E-state index is -1.05. The maximum absolute atomic E-state index is 13.3. The van der Waals surface area contributed by atoms with Crippen molar-refractivity contribution < 1.29 is 8.60 Å². The molecule has 2 rings (SSSR count).